The summed E-state index contributed by atoms with van der Waals surface area (Å²) in [5.41, 5.74) is 5.11. The fourth-order valence-corrected chi connectivity index (χ4v) is 5.02. The molecular weight excluding hydrogens is 388 g/mol. The Hall–Kier alpha value is -2.77. The minimum absolute atomic E-state index is 0.0976. The molecule has 1 fully saturated rings. The number of hydrogen-bond acceptors (Lipinski definition) is 5. The zero-order valence-corrected chi connectivity index (χ0v) is 18.3. The van der Waals surface area contributed by atoms with Crippen LogP contribution in [-0.2, 0) is 20.0 Å². The number of fused-ring (bicyclic) bond motifs is 2. The SMILES string of the molecule is CN(Cc1nc2cccc(C(=O)N3CCNCC3)c2n1C)C1CCCc2cccnc21. The third-order valence-electron chi connectivity index (χ3n) is 6.71. The molecule has 3 heterocycles. The second kappa shape index (κ2) is 8.40. The van der Waals surface area contributed by atoms with Crippen molar-refractivity contribution in [2.75, 3.05) is 33.2 Å². The normalized spacial score (nSPS) is 19.1. The van der Waals surface area contributed by atoms with Gasteiger partial charge in [-0.1, -0.05) is 12.1 Å². The highest BCUT2D eigenvalue weighted by atomic mass is 16.2. The van der Waals surface area contributed by atoms with Crippen LogP contribution < -0.4 is 5.32 Å². The Bertz CT molecular complexity index is 1100. The number of nitrogens with zero attached hydrogens (tertiary/aromatic N) is 5. The van der Waals surface area contributed by atoms with Gasteiger partial charge in [0.1, 0.15) is 5.82 Å². The van der Waals surface area contributed by atoms with Crippen molar-refractivity contribution in [3.05, 3.63) is 59.2 Å². The van der Waals surface area contributed by atoms with E-state index in [2.05, 4.69) is 27.9 Å². The van der Waals surface area contributed by atoms with Gasteiger partial charge in [-0.15, -0.1) is 0 Å². The molecule has 0 bridgehead atoms. The molecule has 7 heteroatoms. The van der Waals surface area contributed by atoms with Crippen LogP contribution >= 0.6 is 0 Å². The summed E-state index contributed by atoms with van der Waals surface area (Å²) in [5, 5.41) is 3.31. The van der Waals surface area contributed by atoms with Gasteiger partial charge in [-0.2, -0.15) is 0 Å². The Balaban J connectivity index is 1.44. The largest absolute Gasteiger partial charge is 0.336 e. The number of piperazine rings is 1. The van der Waals surface area contributed by atoms with Gasteiger partial charge >= 0.3 is 0 Å². The molecule has 31 heavy (non-hydrogen) atoms. The molecule has 0 radical (unpaired) electrons. The lowest BCUT2D eigenvalue weighted by atomic mass is 9.91. The number of imidazole rings is 1. The molecule has 0 saturated carbocycles. The van der Waals surface area contributed by atoms with E-state index in [-0.39, 0.29) is 5.91 Å². The van der Waals surface area contributed by atoms with E-state index in [0.29, 0.717) is 12.6 Å². The van der Waals surface area contributed by atoms with E-state index in [1.54, 1.807) is 0 Å². The monoisotopic (exact) mass is 418 g/mol. The molecule has 2 aliphatic rings. The topological polar surface area (TPSA) is 66.3 Å². The minimum Gasteiger partial charge on any atom is -0.336 e. The summed E-state index contributed by atoms with van der Waals surface area (Å²) in [6, 6.07) is 10.4. The average molecular weight is 419 g/mol. The highest BCUT2D eigenvalue weighted by Gasteiger charge is 2.27. The van der Waals surface area contributed by atoms with Crippen LogP contribution in [0.25, 0.3) is 11.0 Å². The van der Waals surface area contributed by atoms with Gasteiger partial charge in [0.05, 0.1) is 34.9 Å². The zero-order chi connectivity index (χ0) is 21.4. The van der Waals surface area contributed by atoms with Crippen LogP contribution in [-0.4, -0.2) is 63.5 Å². The fraction of sp³-hybridized carbons (Fsp3) is 0.458. The number of amides is 1. The molecule has 1 aliphatic carbocycles. The Labute approximate surface area is 183 Å². The molecular formula is C24H30N6O. The van der Waals surface area contributed by atoms with Gasteiger partial charge < -0.3 is 14.8 Å². The van der Waals surface area contributed by atoms with Crippen LogP contribution in [0.3, 0.4) is 0 Å². The number of pyridine rings is 1. The van der Waals surface area contributed by atoms with Crippen molar-refractivity contribution in [2.24, 2.45) is 7.05 Å². The highest BCUT2D eigenvalue weighted by molar-refractivity contribution is 6.05. The first-order valence-corrected chi connectivity index (χ1v) is 11.2. The zero-order valence-electron chi connectivity index (χ0n) is 18.3. The Morgan fingerprint density at radius 1 is 1.23 bits per heavy atom. The number of carbonyl (C=O) groups excluding carboxylic acids is 1. The fourth-order valence-electron chi connectivity index (χ4n) is 5.02. The molecule has 7 nitrogen and oxygen atoms in total. The third kappa shape index (κ3) is 3.72. The van der Waals surface area contributed by atoms with E-state index in [9.17, 15) is 4.79 Å². The second-order valence-electron chi connectivity index (χ2n) is 8.67. The summed E-state index contributed by atoms with van der Waals surface area (Å²) >= 11 is 0. The summed E-state index contributed by atoms with van der Waals surface area (Å²) in [6.07, 6.45) is 5.29. The van der Waals surface area contributed by atoms with Gasteiger partial charge in [0.15, 0.2) is 0 Å². The van der Waals surface area contributed by atoms with Crippen molar-refractivity contribution in [3.8, 4) is 0 Å². The van der Waals surface area contributed by atoms with E-state index in [0.717, 1.165) is 61.4 Å². The molecule has 1 N–H and O–H groups in total. The van der Waals surface area contributed by atoms with Crippen molar-refractivity contribution >= 4 is 16.9 Å². The summed E-state index contributed by atoms with van der Waals surface area (Å²) in [7, 11) is 4.18. The smallest absolute Gasteiger partial charge is 0.256 e. The van der Waals surface area contributed by atoms with Crippen molar-refractivity contribution in [1.82, 2.24) is 29.7 Å². The molecule has 1 amide bonds. The number of hydrogen-bond donors (Lipinski definition) is 1. The molecule has 1 atom stereocenters. The second-order valence-corrected chi connectivity index (χ2v) is 8.67. The first-order valence-electron chi connectivity index (χ1n) is 11.2. The molecule has 5 rings (SSSR count). The Morgan fingerprint density at radius 3 is 2.90 bits per heavy atom. The van der Waals surface area contributed by atoms with Crippen molar-refractivity contribution in [3.63, 3.8) is 0 Å². The quantitative estimate of drug-likeness (QED) is 0.705. The number of nitrogens with one attached hydrogen (secondary N) is 1. The van der Waals surface area contributed by atoms with E-state index in [4.69, 9.17) is 9.97 Å². The summed E-state index contributed by atoms with van der Waals surface area (Å²) in [4.78, 5) is 27.1. The standard InChI is InChI=1S/C24H30N6O/c1-28(20-10-3-6-17-7-5-11-26-22(17)20)16-21-27-19-9-4-8-18(23(19)29(21)2)24(31)30-14-12-25-13-15-30/h4-5,7-9,11,20,25H,3,6,10,12-16H2,1-2H3. The van der Waals surface area contributed by atoms with Crippen LogP contribution in [0.4, 0.5) is 0 Å². The number of carbonyl (C=O) groups is 1. The lowest BCUT2D eigenvalue weighted by Gasteiger charge is -2.32. The van der Waals surface area contributed by atoms with Crippen molar-refractivity contribution < 1.29 is 4.79 Å². The summed E-state index contributed by atoms with van der Waals surface area (Å²) in [5.74, 6) is 1.07. The van der Waals surface area contributed by atoms with Gasteiger partial charge in [0.25, 0.3) is 5.91 Å². The molecule has 2 aromatic heterocycles. The van der Waals surface area contributed by atoms with E-state index in [1.807, 2.05) is 42.4 Å². The van der Waals surface area contributed by atoms with Crippen LogP contribution in [0.1, 0.15) is 46.3 Å². The van der Waals surface area contributed by atoms with E-state index >= 15 is 0 Å². The molecule has 1 saturated heterocycles. The van der Waals surface area contributed by atoms with E-state index < -0.39 is 0 Å². The van der Waals surface area contributed by atoms with Gasteiger partial charge in [0.2, 0.25) is 0 Å². The predicted octanol–water partition coefficient (Wildman–Crippen LogP) is 2.52. The first-order chi connectivity index (χ1) is 15.1. The average Bonchev–Trinajstić information content (AvgIpc) is 3.14. The Morgan fingerprint density at radius 2 is 2.06 bits per heavy atom. The molecule has 1 aliphatic heterocycles. The molecule has 0 spiro atoms. The number of aryl methyl sites for hydroxylation is 2. The van der Waals surface area contributed by atoms with Crippen LogP contribution in [0.15, 0.2) is 36.5 Å². The van der Waals surface area contributed by atoms with Crippen LogP contribution in [0.5, 0.6) is 0 Å². The van der Waals surface area contributed by atoms with Gasteiger partial charge in [-0.25, -0.2) is 4.98 Å². The third-order valence-corrected chi connectivity index (χ3v) is 6.71. The maximum absolute atomic E-state index is 13.2. The lowest BCUT2D eigenvalue weighted by molar-refractivity contribution is 0.0737. The van der Waals surface area contributed by atoms with Crippen molar-refractivity contribution in [2.45, 2.75) is 31.8 Å². The summed E-state index contributed by atoms with van der Waals surface area (Å²) < 4.78 is 2.10. The van der Waals surface area contributed by atoms with Crippen molar-refractivity contribution in [1.29, 1.82) is 0 Å². The van der Waals surface area contributed by atoms with Crippen LogP contribution in [0.2, 0.25) is 0 Å². The molecule has 162 valence electrons. The Kier molecular flexibility index (Phi) is 5.46. The van der Waals surface area contributed by atoms with Crippen LogP contribution in [0, 0.1) is 0 Å². The molecule has 3 aromatic rings. The predicted molar refractivity (Wildman–Crippen MR) is 121 cm³/mol. The van der Waals surface area contributed by atoms with Gasteiger partial charge in [-0.3, -0.25) is 14.7 Å². The lowest BCUT2D eigenvalue weighted by Crippen LogP contribution is -2.46. The van der Waals surface area contributed by atoms with Gasteiger partial charge in [-0.05, 0) is 50.1 Å². The maximum Gasteiger partial charge on any atom is 0.256 e. The number of benzene rings is 1. The molecule has 1 aromatic carbocycles. The first kappa shape index (κ1) is 20.2. The number of aromatic nitrogens is 3. The minimum atomic E-state index is 0.0976. The van der Waals surface area contributed by atoms with Gasteiger partial charge in [0, 0.05) is 39.4 Å². The number of rotatable bonds is 4. The van der Waals surface area contributed by atoms with E-state index in [1.165, 1.54) is 17.7 Å². The summed E-state index contributed by atoms with van der Waals surface area (Å²) in [6.45, 7) is 3.90. The molecule has 1 unspecified atom stereocenters. The number of para-hydroxylation sites is 1. The maximum atomic E-state index is 13.2. The highest BCUT2D eigenvalue weighted by Crippen LogP contribution is 2.33.